The number of hydrogen-bond acceptors (Lipinski definition) is 6. The zero-order chi connectivity index (χ0) is 45.1. The molecule has 0 aliphatic carbocycles. The molecular weight excluding hydrogens is 769 g/mol. The number of ether oxygens (including phenoxy) is 3. The van der Waals surface area contributed by atoms with E-state index in [2.05, 4.69) is 45.1 Å². The third-order valence-corrected chi connectivity index (χ3v) is 12.2. The molecule has 364 valence electrons. The van der Waals surface area contributed by atoms with Gasteiger partial charge < -0.3 is 14.2 Å². The van der Waals surface area contributed by atoms with Crippen molar-refractivity contribution >= 4 is 17.9 Å². The van der Waals surface area contributed by atoms with Crippen LogP contribution in [0.1, 0.15) is 297 Å². The Hall–Kier alpha value is -2.11. The minimum atomic E-state index is -0.769. The van der Waals surface area contributed by atoms with Crippen molar-refractivity contribution in [1.82, 2.24) is 0 Å². The van der Waals surface area contributed by atoms with Crippen LogP contribution >= 0.6 is 0 Å². The predicted octanol–water partition coefficient (Wildman–Crippen LogP) is 17.9. The summed E-state index contributed by atoms with van der Waals surface area (Å²) in [5.41, 5.74) is 0. The predicted molar refractivity (Wildman–Crippen MR) is 266 cm³/mol. The molecule has 0 aromatic carbocycles. The molecule has 0 rings (SSSR count). The number of carbonyl (C=O) groups is 3. The van der Waals surface area contributed by atoms with Crippen molar-refractivity contribution in [2.75, 3.05) is 13.2 Å². The molecule has 1 unspecified atom stereocenters. The van der Waals surface area contributed by atoms with Crippen LogP contribution in [-0.4, -0.2) is 37.2 Å². The first-order valence-corrected chi connectivity index (χ1v) is 27.3. The first kappa shape index (κ1) is 59.9. The maximum Gasteiger partial charge on any atom is 0.306 e. The lowest BCUT2D eigenvalue weighted by Crippen LogP contribution is -2.30. The highest BCUT2D eigenvalue weighted by atomic mass is 16.6. The van der Waals surface area contributed by atoms with E-state index in [4.69, 9.17) is 14.2 Å². The number of carbonyl (C=O) groups excluding carboxylic acids is 3. The van der Waals surface area contributed by atoms with E-state index in [0.29, 0.717) is 19.3 Å². The van der Waals surface area contributed by atoms with Crippen molar-refractivity contribution in [2.24, 2.45) is 0 Å². The van der Waals surface area contributed by atoms with Crippen LogP contribution in [0.3, 0.4) is 0 Å². The Morgan fingerprint density at radius 2 is 0.565 bits per heavy atom. The summed E-state index contributed by atoms with van der Waals surface area (Å²) in [6, 6.07) is 0. The number of esters is 3. The number of allylic oxidation sites excluding steroid dienone is 4. The maximum atomic E-state index is 12.7. The second kappa shape index (κ2) is 51.5. The van der Waals surface area contributed by atoms with Crippen molar-refractivity contribution in [2.45, 2.75) is 303 Å². The Morgan fingerprint density at radius 3 is 0.871 bits per heavy atom. The van der Waals surface area contributed by atoms with Crippen LogP contribution in [0.25, 0.3) is 0 Å². The molecule has 0 fully saturated rings. The van der Waals surface area contributed by atoms with Gasteiger partial charge in [0.1, 0.15) is 13.2 Å². The zero-order valence-corrected chi connectivity index (χ0v) is 41.7. The number of unbranched alkanes of at least 4 members (excludes halogenated alkanes) is 35. The zero-order valence-electron chi connectivity index (χ0n) is 41.7. The highest BCUT2D eigenvalue weighted by molar-refractivity contribution is 5.71. The molecule has 0 aromatic heterocycles. The first-order valence-electron chi connectivity index (χ1n) is 27.3. The molecule has 62 heavy (non-hydrogen) atoms. The van der Waals surface area contributed by atoms with Crippen LogP contribution in [0.2, 0.25) is 0 Å². The van der Waals surface area contributed by atoms with Crippen molar-refractivity contribution in [3.63, 3.8) is 0 Å². The molecular formula is C56H104O6. The number of hydrogen-bond donors (Lipinski definition) is 0. The third-order valence-electron chi connectivity index (χ3n) is 12.2. The first-order chi connectivity index (χ1) is 30.5. The average molecular weight is 873 g/mol. The quantitative estimate of drug-likeness (QED) is 0.0262. The van der Waals surface area contributed by atoms with Gasteiger partial charge in [0.25, 0.3) is 0 Å². The van der Waals surface area contributed by atoms with Crippen LogP contribution in [0.15, 0.2) is 24.3 Å². The van der Waals surface area contributed by atoms with E-state index in [1.54, 1.807) is 0 Å². The van der Waals surface area contributed by atoms with E-state index in [1.807, 2.05) is 0 Å². The van der Waals surface area contributed by atoms with Gasteiger partial charge in [0.05, 0.1) is 0 Å². The Bertz CT molecular complexity index is 1000. The molecule has 0 heterocycles. The second-order valence-corrected chi connectivity index (χ2v) is 18.5. The standard InChI is InChI=1S/C56H104O6/c1-4-7-10-13-16-19-21-22-23-24-25-26-27-28-29-30-31-32-33-34-35-38-40-43-46-49-55(58)61-52-53(51-60-54(57)48-45-42-39-36-18-15-12-9-6-3)62-56(59)50-47-44-41-37-20-17-14-11-8-5-2/h11,14,24-25,53H,4-10,12-13,15-23,26-52H2,1-3H3/b14-11-,25-24-. The van der Waals surface area contributed by atoms with Gasteiger partial charge in [-0.2, -0.15) is 0 Å². The molecule has 0 saturated carbocycles. The fourth-order valence-electron chi connectivity index (χ4n) is 8.03. The highest BCUT2D eigenvalue weighted by Gasteiger charge is 2.19. The minimum absolute atomic E-state index is 0.0712. The Labute approximate surface area is 385 Å². The Kier molecular flexibility index (Phi) is 49.8. The van der Waals surface area contributed by atoms with Crippen molar-refractivity contribution in [3.05, 3.63) is 24.3 Å². The van der Waals surface area contributed by atoms with Crippen LogP contribution in [-0.2, 0) is 28.6 Å². The third kappa shape index (κ3) is 48.9. The molecule has 0 bridgehead atoms. The van der Waals surface area contributed by atoms with E-state index in [9.17, 15) is 14.4 Å². The maximum absolute atomic E-state index is 12.7. The van der Waals surface area contributed by atoms with Gasteiger partial charge in [0.2, 0.25) is 0 Å². The van der Waals surface area contributed by atoms with Gasteiger partial charge in [-0.3, -0.25) is 14.4 Å². The minimum Gasteiger partial charge on any atom is -0.462 e. The number of rotatable bonds is 50. The van der Waals surface area contributed by atoms with Gasteiger partial charge in [0.15, 0.2) is 6.10 Å². The SMILES string of the molecule is CCC/C=C\CCCCCCCC(=O)OC(COC(=O)CCCCCCCCCCC)COC(=O)CCCCCCCCCCCCCCC/C=C\CCCCCCCCCC. The summed E-state index contributed by atoms with van der Waals surface area (Å²) in [5.74, 6) is -0.873. The van der Waals surface area contributed by atoms with Gasteiger partial charge >= 0.3 is 17.9 Å². The summed E-state index contributed by atoms with van der Waals surface area (Å²) >= 11 is 0. The van der Waals surface area contributed by atoms with Gasteiger partial charge in [-0.05, 0) is 64.2 Å². The van der Waals surface area contributed by atoms with E-state index in [-0.39, 0.29) is 31.1 Å². The molecule has 0 amide bonds. The second-order valence-electron chi connectivity index (χ2n) is 18.5. The molecule has 1 atom stereocenters. The van der Waals surface area contributed by atoms with Crippen molar-refractivity contribution in [1.29, 1.82) is 0 Å². The summed E-state index contributed by atoms with van der Waals surface area (Å²) in [7, 11) is 0. The van der Waals surface area contributed by atoms with Gasteiger partial charge in [-0.15, -0.1) is 0 Å². The largest absolute Gasteiger partial charge is 0.462 e. The van der Waals surface area contributed by atoms with Crippen molar-refractivity contribution in [3.8, 4) is 0 Å². The van der Waals surface area contributed by atoms with E-state index < -0.39 is 6.10 Å². The molecule has 0 aromatic rings. The van der Waals surface area contributed by atoms with E-state index >= 15 is 0 Å². The van der Waals surface area contributed by atoms with Gasteiger partial charge in [-0.1, -0.05) is 238 Å². The van der Waals surface area contributed by atoms with Gasteiger partial charge in [0, 0.05) is 19.3 Å². The lowest BCUT2D eigenvalue weighted by Gasteiger charge is -2.18. The molecule has 0 aliphatic heterocycles. The molecule has 0 spiro atoms. The molecule has 0 saturated heterocycles. The van der Waals surface area contributed by atoms with Crippen LogP contribution in [0.4, 0.5) is 0 Å². The molecule has 6 heteroatoms. The van der Waals surface area contributed by atoms with Gasteiger partial charge in [-0.25, -0.2) is 0 Å². The van der Waals surface area contributed by atoms with Crippen LogP contribution in [0.5, 0.6) is 0 Å². The summed E-state index contributed by atoms with van der Waals surface area (Å²) in [6.45, 7) is 6.58. The monoisotopic (exact) mass is 873 g/mol. The Balaban J connectivity index is 4.08. The average Bonchev–Trinajstić information content (AvgIpc) is 3.27. The van der Waals surface area contributed by atoms with Crippen LogP contribution in [0, 0.1) is 0 Å². The summed E-state index contributed by atoms with van der Waals surface area (Å²) in [5, 5.41) is 0. The smallest absolute Gasteiger partial charge is 0.306 e. The lowest BCUT2D eigenvalue weighted by atomic mass is 10.0. The topological polar surface area (TPSA) is 78.9 Å². The van der Waals surface area contributed by atoms with Crippen LogP contribution < -0.4 is 0 Å². The summed E-state index contributed by atoms with van der Waals surface area (Å²) < 4.78 is 16.7. The lowest BCUT2D eigenvalue weighted by molar-refractivity contribution is -0.167. The van der Waals surface area contributed by atoms with Crippen molar-refractivity contribution < 1.29 is 28.6 Å². The molecule has 0 N–H and O–H groups in total. The van der Waals surface area contributed by atoms with E-state index in [0.717, 1.165) is 77.0 Å². The fraction of sp³-hybridized carbons (Fsp3) is 0.875. The molecule has 6 nitrogen and oxygen atoms in total. The van der Waals surface area contributed by atoms with E-state index in [1.165, 1.54) is 180 Å². The fourth-order valence-corrected chi connectivity index (χ4v) is 8.03. The summed E-state index contributed by atoms with van der Waals surface area (Å²) in [4.78, 5) is 37.8. The molecule has 0 radical (unpaired) electrons. The Morgan fingerprint density at radius 1 is 0.306 bits per heavy atom. The molecule has 0 aliphatic rings. The highest BCUT2D eigenvalue weighted by Crippen LogP contribution is 2.16. The normalized spacial score (nSPS) is 12.1. The summed E-state index contributed by atoms with van der Waals surface area (Å²) in [6.07, 6.45) is 59.1.